The van der Waals surface area contributed by atoms with Crippen LogP contribution < -0.4 is 4.90 Å². The second-order valence-electron chi connectivity index (χ2n) is 21.7. The quantitative estimate of drug-likeness (QED) is 0.159. The Labute approximate surface area is 440 Å². The van der Waals surface area contributed by atoms with E-state index in [-0.39, 0.29) is 5.41 Å². The molecular formula is C73H49NS. The molecule has 0 aliphatic heterocycles. The van der Waals surface area contributed by atoms with Crippen molar-refractivity contribution in [1.82, 2.24) is 0 Å². The van der Waals surface area contributed by atoms with Gasteiger partial charge in [-0.2, -0.15) is 0 Å². The molecular weight excluding hydrogens is 923 g/mol. The Hall–Kier alpha value is -8.56. The number of thiophene rings is 1. The van der Waals surface area contributed by atoms with E-state index in [1.54, 1.807) is 0 Å². The highest BCUT2D eigenvalue weighted by Crippen LogP contribution is 2.65. The number of rotatable bonds is 4. The van der Waals surface area contributed by atoms with Crippen LogP contribution in [0.1, 0.15) is 65.5 Å². The summed E-state index contributed by atoms with van der Waals surface area (Å²) in [6.45, 7) is 0. The Balaban J connectivity index is 1.03. The van der Waals surface area contributed by atoms with Gasteiger partial charge in [-0.25, -0.2) is 0 Å². The van der Waals surface area contributed by atoms with Gasteiger partial charge in [0.05, 0.1) is 11.1 Å². The van der Waals surface area contributed by atoms with Crippen LogP contribution in [-0.2, 0) is 10.8 Å². The van der Waals surface area contributed by atoms with Crippen LogP contribution in [-0.4, -0.2) is 0 Å². The van der Waals surface area contributed by atoms with Crippen LogP contribution in [0.25, 0.3) is 97.0 Å². The summed E-state index contributed by atoms with van der Waals surface area (Å²) in [7, 11) is 0. The Morgan fingerprint density at radius 1 is 0.293 bits per heavy atom. The van der Waals surface area contributed by atoms with E-state index in [9.17, 15) is 0 Å². The van der Waals surface area contributed by atoms with Crippen molar-refractivity contribution in [2.45, 2.75) is 42.9 Å². The predicted octanol–water partition coefficient (Wildman–Crippen LogP) is 20.2. The molecule has 0 atom stereocenters. The lowest BCUT2D eigenvalue weighted by molar-refractivity contribution is 0.353. The van der Waals surface area contributed by atoms with Crippen molar-refractivity contribution < 1.29 is 0 Å². The maximum Gasteiger partial charge on any atom is 0.0726 e. The van der Waals surface area contributed by atoms with E-state index in [1.165, 1.54) is 174 Å². The lowest BCUT2D eigenvalue weighted by atomic mass is 9.68. The monoisotopic (exact) mass is 971 g/mol. The van der Waals surface area contributed by atoms with Crippen molar-refractivity contribution in [3.05, 3.63) is 270 Å². The maximum absolute atomic E-state index is 2.68. The lowest BCUT2D eigenvalue weighted by Gasteiger charge is -2.37. The largest absolute Gasteiger partial charge is 0.310 e. The Bertz CT molecular complexity index is 4520. The summed E-state index contributed by atoms with van der Waals surface area (Å²) in [5.41, 5.74) is 21.9. The second kappa shape index (κ2) is 15.5. The van der Waals surface area contributed by atoms with Gasteiger partial charge >= 0.3 is 0 Å². The van der Waals surface area contributed by atoms with Crippen molar-refractivity contribution >= 4 is 80.9 Å². The van der Waals surface area contributed by atoms with Crippen LogP contribution in [0.4, 0.5) is 17.1 Å². The molecule has 4 aliphatic carbocycles. The number of hydrogen-bond acceptors (Lipinski definition) is 2. The molecule has 0 N–H and O–H groups in total. The van der Waals surface area contributed by atoms with Gasteiger partial charge in [-0.15, -0.1) is 11.3 Å². The van der Waals surface area contributed by atoms with Gasteiger partial charge in [-0.3, -0.25) is 0 Å². The van der Waals surface area contributed by atoms with Crippen LogP contribution in [0.5, 0.6) is 0 Å². The zero-order chi connectivity index (χ0) is 49.0. The highest BCUT2D eigenvalue weighted by atomic mass is 32.1. The van der Waals surface area contributed by atoms with Crippen LogP contribution in [0, 0.1) is 0 Å². The average Bonchev–Trinajstić information content (AvgIpc) is 4.19. The molecule has 1 saturated carbocycles. The van der Waals surface area contributed by atoms with Gasteiger partial charge in [0, 0.05) is 48.1 Å². The lowest BCUT2D eigenvalue weighted by Crippen LogP contribution is -2.28. The van der Waals surface area contributed by atoms with Gasteiger partial charge in [0.25, 0.3) is 0 Å². The topological polar surface area (TPSA) is 3.24 Å². The Kier molecular flexibility index (Phi) is 8.65. The molecule has 0 radical (unpaired) electrons. The highest BCUT2D eigenvalue weighted by molar-refractivity contribution is 7.26. The van der Waals surface area contributed by atoms with Crippen molar-refractivity contribution in [3.63, 3.8) is 0 Å². The molecule has 1 aromatic heterocycles. The normalized spacial score (nSPS) is 15.1. The third kappa shape index (κ3) is 5.52. The molecule has 17 rings (SSSR count). The number of benzene rings is 12. The maximum atomic E-state index is 2.68. The molecule has 1 fully saturated rings. The fraction of sp³-hybridized carbons (Fsp3) is 0.0959. The first-order valence-corrected chi connectivity index (χ1v) is 27.8. The minimum Gasteiger partial charge on any atom is -0.310 e. The fourth-order valence-electron chi connectivity index (χ4n) is 15.2. The smallest absolute Gasteiger partial charge is 0.0726 e. The first-order chi connectivity index (χ1) is 37.2. The molecule has 13 aromatic rings. The van der Waals surface area contributed by atoms with Gasteiger partial charge in [0.15, 0.2) is 0 Å². The van der Waals surface area contributed by atoms with Crippen molar-refractivity contribution in [2.24, 2.45) is 0 Å². The van der Waals surface area contributed by atoms with E-state index in [0.717, 1.165) is 5.69 Å². The van der Waals surface area contributed by atoms with Gasteiger partial charge < -0.3 is 4.90 Å². The van der Waals surface area contributed by atoms with Crippen molar-refractivity contribution in [3.8, 4) is 44.5 Å². The summed E-state index contributed by atoms with van der Waals surface area (Å²) in [6, 6.07) is 91.3. The molecule has 0 amide bonds. The number of hydrogen-bond donors (Lipinski definition) is 0. The first kappa shape index (κ1) is 41.9. The SMILES string of the molecule is c1ccc2c(c1)-c1ccc(N(c3ccc4c5ccccc5c5ccccc5c4c3)c3cc4c(cc3-c3cccc5c3sc3ccccc35)-c3ccccc3C43c4ccccc4-c4ccccc43)cc1C21CCCCC1. The predicted molar refractivity (Wildman–Crippen MR) is 318 cm³/mol. The molecule has 1 nitrogen and oxygen atoms in total. The summed E-state index contributed by atoms with van der Waals surface area (Å²) in [4.78, 5) is 2.68. The summed E-state index contributed by atoms with van der Waals surface area (Å²) in [5, 5.41) is 10.3. The second-order valence-corrected chi connectivity index (χ2v) is 22.7. The minimum absolute atomic E-state index is 0.0171. The van der Waals surface area contributed by atoms with Crippen LogP contribution in [0.3, 0.4) is 0 Å². The van der Waals surface area contributed by atoms with E-state index < -0.39 is 5.41 Å². The van der Waals surface area contributed by atoms with Crippen LogP contribution in [0.15, 0.2) is 237 Å². The summed E-state index contributed by atoms with van der Waals surface area (Å²) >= 11 is 1.92. The fourth-order valence-corrected chi connectivity index (χ4v) is 16.5. The number of fused-ring (bicyclic) bond motifs is 24. The third-order valence-corrected chi connectivity index (χ3v) is 19.5. The van der Waals surface area contributed by atoms with E-state index >= 15 is 0 Å². The molecule has 0 saturated heterocycles. The summed E-state index contributed by atoms with van der Waals surface area (Å²) in [5.74, 6) is 0. The molecule has 0 unspecified atom stereocenters. The third-order valence-electron chi connectivity index (χ3n) is 18.3. The number of anilines is 3. The zero-order valence-corrected chi connectivity index (χ0v) is 42.2. The van der Waals surface area contributed by atoms with E-state index in [4.69, 9.17) is 0 Å². The molecule has 1 heterocycles. The van der Waals surface area contributed by atoms with E-state index in [0.29, 0.717) is 0 Å². The average molecular weight is 972 g/mol. The molecule has 2 spiro atoms. The molecule has 75 heavy (non-hydrogen) atoms. The zero-order valence-electron chi connectivity index (χ0n) is 41.4. The summed E-state index contributed by atoms with van der Waals surface area (Å²) < 4.78 is 2.63. The standard InChI is InChI=1S/C73H49NS/c1-16-39-72(40-17-1)63-30-11-6-23-52(63)56-38-36-46(42-67(56)72)74(45-35-37-51-49-21-3-2-19-47(49)48-20-4-5-22-50(48)60(51)41-45)69-44-68-61(43-62(69)59-29-18-28-58-57-27-10-15-34-70(57)75-71(58)59)55-26-9-14-33-66(55)73(68)64-31-12-7-24-53(64)54-25-8-13-32-65(54)73/h2-15,18-38,41-44H,1,16-17,39-40H2. The van der Waals surface area contributed by atoms with Crippen molar-refractivity contribution in [1.29, 1.82) is 0 Å². The Morgan fingerprint density at radius 2 is 0.773 bits per heavy atom. The summed E-state index contributed by atoms with van der Waals surface area (Å²) in [6.07, 6.45) is 6.13. The Morgan fingerprint density at radius 3 is 1.44 bits per heavy atom. The minimum atomic E-state index is -0.522. The highest BCUT2D eigenvalue weighted by Gasteiger charge is 2.52. The molecule has 0 bridgehead atoms. The van der Waals surface area contributed by atoms with Gasteiger partial charge in [0.2, 0.25) is 0 Å². The van der Waals surface area contributed by atoms with Crippen LogP contribution in [0.2, 0.25) is 0 Å². The first-order valence-electron chi connectivity index (χ1n) is 27.0. The van der Waals surface area contributed by atoms with Gasteiger partial charge in [-0.1, -0.05) is 213 Å². The molecule has 12 aromatic carbocycles. The molecule has 2 heteroatoms. The van der Waals surface area contributed by atoms with Gasteiger partial charge in [0.1, 0.15) is 0 Å². The van der Waals surface area contributed by atoms with Crippen molar-refractivity contribution in [2.75, 3.05) is 4.90 Å². The van der Waals surface area contributed by atoms with E-state index in [1.807, 2.05) is 11.3 Å². The van der Waals surface area contributed by atoms with E-state index in [2.05, 4.69) is 241 Å². The number of nitrogens with zero attached hydrogens (tertiary/aromatic N) is 1. The molecule has 4 aliphatic rings. The molecule has 352 valence electrons. The van der Waals surface area contributed by atoms with Crippen LogP contribution >= 0.6 is 11.3 Å². The van der Waals surface area contributed by atoms with Gasteiger partial charge in [-0.05, 0) is 154 Å².